The molecule has 1 nitrogen and oxygen atoms in total. The van der Waals surface area contributed by atoms with Gasteiger partial charge in [0.2, 0.25) is 0 Å². The molecule has 0 saturated heterocycles. The first-order chi connectivity index (χ1) is 6.67. The van der Waals surface area contributed by atoms with Crippen LogP contribution in [0.1, 0.15) is 18.9 Å². The third kappa shape index (κ3) is 2.64. The molecular weight excluding hydrogens is 184 g/mol. The molecule has 0 aromatic heterocycles. The summed E-state index contributed by atoms with van der Waals surface area (Å²) in [7, 11) is 0. The van der Waals surface area contributed by atoms with Crippen molar-refractivity contribution < 1.29 is 8.78 Å². The molecule has 1 rings (SSSR count). The predicted molar refractivity (Wildman–Crippen MR) is 53.7 cm³/mol. The monoisotopic (exact) mass is 197 g/mol. The molecule has 0 amide bonds. The van der Waals surface area contributed by atoms with Crippen LogP contribution in [0.15, 0.2) is 23.8 Å². The molecule has 0 aliphatic carbocycles. The van der Waals surface area contributed by atoms with Crippen LogP contribution >= 0.6 is 0 Å². The fraction of sp³-hybridized carbons (Fsp3) is 0.273. The number of nitrogens with two attached hydrogens (primary N) is 1. The average molecular weight is 197 g/mol. The minimum Gasteiger partial charge on any atom is -0.327 e. The van der Waals surface area contributed by atoms with E-state index in [4.69, 9.17) is 5.73 Å². The van der Waals surface area contributed by atoms with Gasteiger partial charge in [-0.15, -0.1) is 0 Å². The van der Waals surface area contributed by atoms with Gasteiger partial charge in [-0.1, -0.05) is 18.6 Å². The van der Waals surface area contributed by atoms with Crippen LogP contribution in [-0.4, -0.2) is 6.54 Å². The Morgan fingerprint density at radius 2 is 2.14 bits per heavy atom. The first-order valence-corrected chi connectivity index (χ1v) is 4.52. The zero-order chi connectivity index (χ0) is 10.6. The summed E-state index contributed by atoms with van der Waals surface area (Å²) >= 11 is 0. The molecule has 1 aromatic rings. The van der Waals surface area contributed by atoms with Crippen molar-refractivity contribution in [3.63, 3.8) is 0 Å². The number of halogens is 2. The molecule has 0 radical (unpaired) electrons. The highest BCUT2D eigenvalue weighted by Gasteiger charge is 2.01. The van der Waals surface area contributed by atoms with E-state index < -0.39 is 11.6 Å². The average Bonchev–Trinajstić information content (AvgIpc) is 2.17. The zero-order valence-corrected chi connectivity index (χ0v) is 8.06. The minimum absolute atomic E-state index is 0.383. The number of hydrogen-bond donors (Lipinski definition) is 1. The summed E-state index contributed by atoms with van der Waals surface area (Å²) in [5, 5.41) is 0. The second kappa shape index (κ2) is 4.86. The van der Waals surface area contributed by atoms with Crippen LogP contribution < -0.4 is 5.73 Å². The lowest BCUT2D eigenvalue weighted by Crippen LogP contribution is -2.02. The molecule has 2 N–H and O–H groups in total. The molecule has 0 saturated carbocycles. The summed E-state index contributed by atoms with van der Waals surface area (Å²) in [5.41, 5.74) is 6.77. The van der Waals surface area contributed by atoms with Crippen LogP contribution in [0.4, 0.5) is 8.78 Å². The van der Waals surface area contributed by atoms with Crippen molar-refractivity contribution >= 4 is 6.08 Å². The van der Waals surface area contributed by atoms with Crippen molar-refractivity contribution in [1.82, 2.24) is 0 Å². The number of benzene rings is 1. The first kappa shape index (κ1) is 10.9. The Morgan fingerprint density at radius 1 is 1.43 bits per heavy atom. The van der Waals surface area contributed by atoms with Crippen molar-refractivity contribution in [2.75, 3.05) is 6.54 Å². The van der Waals surface area contributed by atoms with Crippen molar-refractivity contribution in [1.29, 1.82) is 0 Å². The third-order valence-electron chi connectivity index (χ3n) is 2.04. The topological polar surface area (TPSA) is 26.0 Å². The van der Waals surface area contributed by atoms with Crippen molar-refractivity contribution in [3.05, 3.63) is 41.0 Å². The van der Waals surface area contributed by atoms with E-state index in [0.29, 0.717) is 12.1 Å². The lowest BCUT2D eigenvalue weighted by atomic mass is 10.1. The van der Waals surface area contributed by atoms with Gasteiger partial charge in [-0.25, -0.2) is 8.78 Å². The molecule has 0 aliphatic heterocycles. The number of rotatable bonds is 3. The zero-order valence-electron chi connectivity index (χ0n) is 8.06. The Kier molecular flexibility index (Phi) is 3.77. The fourth-order valence-electron chi connectivity index (χ4n) is 1.14. The van der Waals surface area contributed by atoms with E-state index in [1.165, 1.54) is 12.1 Å². The van der Waals surface area contributed by atoms with Gasteiger partial charge in [0, 0.05) is 18.2 Å². The molecule has 14 heavy (non-hydrogen) atoms. The molecular formula is C11H13F2N. The molecule has 0 aliphatic rings. The highest BCUT2D eigenvalue weighted by Crippen LogP contribution is 2.14. The summed E-state index contributed by atoms with van der Waals surface area (Å²) in [6.07, 6.45) is 2.43. The van der Waals surface area contributed by atoms with Gasteiger partial charge in [0.1, 0.15) is 11.6 Å². The Labute approximate surface area is 82.2 Å². The lowest BCUT2D eigenvalue weighted by molar-refractivity contribution is 0.581. The SMILES string of the molecule is CCC(=Cc1ccc(F)cc1F)CN. The summed E-state index contributed by atoms with van der Waals surface area (Å²) < 4.78 is 25.7. The Balaban J connectivity index is 3.02. The second-order valence-electron chi connectivity index (χ2n) is 3.03. The molecule has 0 unspecified atom stereocenters. The largest absolute Gasteiger partial charge is 0.327 e. The van der Waals surface area contributed by atoms with Gasteiger partial charge in [0.15, 0.2) is 0 Å². The maximum Gasteiger partial charge on any atom is 0.133 e. The highest BCUT2D eigenvalue weighted by molar-refractivity contribution is 5.53. The van der Waals surface area contributed by atoms with E-state index in [0.717, 1.165) is 18.1 Å². The third-order valence-corrected chi connectivity index (χ3v) is 2.04. The molecule has 76 valence electrons. The van der Waals surface area contributed by atoms with Crippen LogP contribution in [0.25, 0.3) is 6.08 Å². The molecule has 0 heterocycles. The Hall–Kier alpha value is -1.22. The number of hydrogen-bond acceptors (Lipinski definition) is 1. The van der Waals surface area contributed by atoms with Crippen LogP contribution in [0.2, 0.25) is 0 Å². The quantitative estimate of drug-likeness (QED) is 0.792. The summed E-state index contributed by atoms with van der Waals surface area (Å²) in [6.45, 7) is 2.34. The molecule has 0 bridgehead atoms. The van der Waals surface area contributed by atoms with E-state index in [1.54, 1.807) is 6.08 Å². The normalized spacial score (nSPS) is 11.9. The summed E-state index contributed by atoms with van der Waals surface area (Å²) in [5.74, 6) is -1.12. The molecule has 0 spiro atoms. The van der Waals surface area contributed by atoms with Crippen molar-refractivity contribution in [2.45, 2.75) is 13.3 Å². The summed E-state index contributed by atoms with van der Waals surface area (Å²) in [4.78, 5) is 0. The highest BCUT2D eigenvalue weighted by atomic mass is 19.1. The van der Waals surface area contributed by atoms with E-state index in [-0.39, 0.29) is 0 Å². The van der Waals surface area contributed by atoms with E-state index in [9.17, 15) is 8.78 Å². The smallest absolute Gasteiger partial charge is 0.133 e. The molecule has 0 fully saturated rings. The van der Waals surface area contributed by atoms with Gasteiger partial charge in [0.25, 0.3) is 0 Å². The van der Waals surface area contributed by atoms with Gasteiger partial charge in [-0.3, -0.25) is 0 Å². The van der Waals surface area contributed by atoms with E-state index in [1.807, 2.05) is 6.92 Å². The van der Waals surface area contributed by atoms with Crippen LogP contribution in [-0.2, 0) is 0 Å². The van der Waals surface area contributed by atoms with Gasteiger partial charge in [0.05, 0.1) is 0 Å². The van der Waals surface area contributed by atoms with E-state index >= 15 is 0 Å². The van der Waals surface area contributed by atoms with Crippen LogP contribution in [0.3, 0.4) is 0 Å². The van der Waals surface area contributed by atoms with Gasteiger partial charge < -0.3 is 5.73 Å². The first-order valence-electron chi connectivity index (χ1n) is 4.52. The maximum atomic E-state index is 13.2. The van der Waals surface area contributed by atoms with Crippen LogP contribution in [0.5, 0.6) is 0 Å². The van der Waals surface area contributed by atoms with E-state index in [2.05, 4.69) is 0 Å². The van der Waals surface area contributed by atoms with Crippen molar-refractivity contribution in [3.8, 4) is 0 Å². The minimum atomic E-state index is -0.564. The van der Waals surface area contributed by atoms with Gasteiger partial charge in [-0.2, -0.15) is 0 Å². The Morgan fingerprint density at radius 3 is 2.64 bits per heavy atom. The lowest BCUT2D eigenvalue weighted by Gasteiger charge is -2.01. The van der Waals surface area contributed by atoms with Gasteiger partial charge in [-0.05, 0) is 18.6 Å². The van der Waals surface area contributed by atoms with Crippen LogP contribution in [0, 0.1) is 11.6 Å². The summed E-state index contributed by atoms with van der Waals surface area (Å²) in [6, 6.07) is 3.52. The molecule has 1 aromatic carbocycles. The molecule has 0 atom stereocenters. The second-order valence-corrected chi connectivity index (χ2v) is 3.03. The fourth-order valence-corrected chi connectivity index (χ4v) is 1.14. The predicted octanol–water partition coefficient (Wildman–Crippen LogP) is 2.72. The maximum absolute atomic E-state index is 13.2. The Bertz CT molecular complexity index is 339. The molecule has 3 heteroatoms. The standard InChI is InChI=1S/C11H13F2N/c1-2-8(7-14)5-9-3-4-10(12)6-11(9)13/h3-6H,2,7,14H2,1H3. The van der Waals surface area contributed by atoms with Gasteiger partial charge >= 0.3 is 0 Å². The van der Waals surface area contributed by atoms with Crippen molar-refractivity contribution in [2.24, 2.45) is 5.73 Å².